The molecule has 0 aliphatic carbocycles. The van der Waals surface area contributed by atoms with Crippen LogP contribution in [0.15, 0.2) is 30.3 Å². The highest BCUT2D eigenvalue weighted by atomic mass is 16.5. The molecule has 1 aromatic heterocycles. The van der Waals surface area contributed by atoms with E-state index in [1.807, 2.05) is 35.2 Å². The monoisotopic (exact) mass is 371 g/mol. The van der Waals surface area contributed by atoms with Crippen molar-refractivity contribution in [3.63, 3.8) is 0 Å². The number of hydrogen-bond donors (Lipinski definition) is 0. The SMILES string of the molecule is COC(=O)CC1CCN(C(=O)c2cc(-c3ccc(OC)cc3)nn2C)CC1. The van der Waals surface area contributed by atoms with Gasteiger partial charge in [-0.3, -0.25) is 14.3 Å². The summed E-state index contributed by atoms with van der Waals surface area (Å²) in [7, 11) is 4.81. The highest BCUT2D eigenvalue weighted by Gasteiger charge is 2.27. The van der Waals surface area contributed by atoms with Crippen LogP contribution in [0.3, 0.4) is 0 Å². The van der Waals surface area contributed by atoms with Gasteiger partial charge in [-0.1, -0.05) is 0 Å². The Labute approximate surface area is 158 Å². The fourth-order valence-corrected chi connectivity index (χ4v) is 3.39. The minimum atomic E-state index is -0.185. The Morgan fingerprint density at radius 2 is 1.81 bits per heavy atom. The van der Waals surface area contributed by atoms with Crippen molar-refractivity contribution in [3.8, 4) is 17.0 Å². The van der Waals surface area contributed by atoms with Crippen LogP contribution in [0.2, 0.25) is 0 Å². The lowest BCUT2D eigenvalue weighted by Gasteiger charge is -2.31. The van der Waals surface area contributed by atoms with Crippen LogP contribution in [0.4, 0.5) is 0 Å². The first kappa shape index (κ1) is 18.9. The van der Waals surface area contributed by atoms with Gasteiger partial charge in [-0.25, -0.2) is 0 Å². The van der Waals surface area contributed by atoms with E-state index in [0.29, 0.717) is 25.2 Å². The van der Waals surface area contributed by atoms with E-state index < -0.39 is 0 Å². The number of methoxy groups -OCH3 is 2. The smallest absolute Gasteiger partial charge is 0.305 e. The Morgan fingerprint density at radius 3 is 2.41 bits per heavy atom. The van der Waals surface area contributed by atoms with Gasteiger partial charge < -0.3 is 14.4 Å². The molecule has 0 atom stereocenters. The number of carbonyl (C=O) groups is 2. The van der Waals surface area contributed by atoms with E-state index in [9.17, 15) is 9.59 Å². The third kappa shape index (κ3) is 4.30. The minimum absolute atomic E-state index is 0.0266. The Bertz CT molecular complexity index is 805. The number of aromatic nitrogens is 2. The summed E-state index contributed by atoms with van der Waals surface area (Å²) >= 11 is 0. The second-order valence-electron chi connectivity index (χ2n) is 6.78. The molecule has 0 radical (unpaired) electrons. The molecule has 0 bridgehead atoms. The first-order valence-electron chi connectivity index (χ1n) is 9.06. The van der Waals surface area contributed by atoms with E-state index in [-0.39, 0.29) is 17.8 Å². The van der Waals surface area contributed by atoms with Crippen LogP contribution in [-0.4, -0.2) is 53.9 Å². The summed E-state index contributed by atoms with van der Waals surface area (Å²) in [6.45, 7) is 1.28. The molecule has 1 amide bonds. The largest absolute Gasteiger partial charge is 0.497 e. The van der Waals surface area contributed by atoms with E-state index in [1.54, 1.807) is 18.8 Å². The number of hydrogen-bond acceptors (Lipinski definition) is 5. The molecular weight excluding hydrogens is 346 g/mol. The van der Waals surface area contributed by atoms with E-state index in [2.05, 4.69) is 5.10 Å². The van der Waals surface area contributed by atoms with Crippen molar-refractivity contribution in [1.29, 1.82) is 0 Å². The Hall–Kier alpha value is -2.83. The molecule has 27 heavy (non-hydrogen) atoms. The van der Waals surface area contributed by atoms with Crippen molar-refractivity contribution in [2.75, 3.05) is 27.3 Å². The van der Waals surface area contributed by atoms with Gasteiger partial charge in [-0.2, -0.15) is 5.10 Å². The maximum absolute atomic E-state index is 12.9. The molecule has 1 saturated heterocycles. The molecule has 3 rings (SSSR count). The lowest BCUT2D eigenvalue weighted by molar-refractivity contribution is -0.142. The summed E-state index contributed by atoms with van der Waals surface area (Å²) in [6.07, 6.45) is 2.04. The van der Waals surface area contributed by atoms with Gasteiger partial charge in [0, 0.05) is 32.1 Å². The number of esters is 1. The van der Waals surface area contributed by atoms with Gasteiger partial charge in [0.25, 0.3) is 5.91 Å². The van der Waals surface area contributed by atoms with Gasteiger partial charge in [-0.05, 0) is 49.1 Å². The van der Waals surface area contributed by atoms with Crippen molar-refractivity contribution in [3.05, 3.63) is 36.0 Å². The molecule has 7 heteroatoms. The van der Waals surface area contributed by atoms with Gasteiger partial charge in [-0.15, -0.1) is 0 Å². The molecule has 2 heterocycles. The number of likely N-dealkylation sites (tertiary alicyclic amines) is 1. The van der Waals surface area contributed by atoms with Crippen LogP contribution in [0, 0.1) is 5.92 Å². The Morgan fingerprint density at radius 1 is 1.15 bits per heavy atom. The molecular formula is C20H25N3O4. The first-order valence-corrected chi connectivity index (χ1v) is 9.06. The van der Waals surface area contributed by atoms with Crippen molar-refractivity contribution in [1.82, 2.24) is 14.7 Å². The fourth-order valence-electron chi connectivity index (χ4n) is 3.39. The minimum Gasteiger partial charge on any atom is -0.497 e. The fraction of sp³-hybridized carbons (Fsp3) is 0.450. The predicted octanol–water partition coefficient (Wildman–Crippen LogP) is 2.51. The second-order valence-corrected chi connectivity index (χ2v) is 6.78. The normalized spacial score (nSPS) is 14.9. The molecule has 1 aromatic carbocycles. The van der Waals surface area contributed by atoms with Crippen molar-refractivity contribution >= 4 is 11.9 Å². The van der Waals surface area contributed by atoms with Gasteiger partial charge in [0.2, 0.25) is 0 Å². The van der Waals surface area contributed by atoms with Crippen molar-refractivity contribution in [2.45, 2.75) is 19.3 Å². The number of carbonyl (C=O) groups excluding carboxylic acids is 2. The van der Waals surface area contributed by atoms with Crippen LogP contribution in [0.1, 0.15) is 29.8 Å². The number of rotatable bonds is 5. The van der Waals surface area contributed by atoms with E-state index in [0.717, 1.165) is 29.8 Å². The van der Waals surface area contributed by atoms with Crippen LogP contribution >= 0.6 is 0 Å². The molecule has 7 nitrogen and oxygen atoms in total. The summed E-state index contributed by atoms with van der Waals surface area (Å²) in [5.41, 5.74) is 2.25. The van der Waals surface area contributed by atoms with Crippen LogP contribution in [-0.2, 0) is 16.6 Å². The van der Waals surface area contributed by atoms with Crippen LogP contribution < -0.4 is 4.74 Å². The zero-order valence-corrected chi connectivity index (χ0v) is 16.0. The third-order valence-electron chi connectivity index (χ3n) is 5.07. The zero-order chi connectivity index (χ0) is 19.4. The molecule has 1 aliphatic heterocycles. The number of nitrogens with zero attached hydrogens (tertiary/aromatic N) is 3. The molecule has 0 saturated carbocycles. The summed E-state index contributed by atoms with van der Waals surface area (Å²) in [6, 6.07) is 9.42. The standard InChI is InChI=1S/C20H25N3O4/c1-22-18(13-17(21-22)15-4-6-16(26-2)7-5-15)20(25)23-10-8-14(9-11-23)12-19(24)27-3/h4-7,13-14H,8-12H2,1-3H3. The molecule has 0 unspecified atom stereocenters. The summed E-state index contributed by atoms with van der Waals surface area (Å²) in [5, 5.41) is 4.48. The second kappa shape index (κ2) is 8.24. The quantitative estimate of drug-likeness (QED) is 0.755. The molecule has 1 aliphatic rings. The summed E-state index contributed by atoms with van der Waals surface area (Å²) in [5.74, 6) is 0.848. The maximum Gasteiger partial charge on any atom is 0.305 e. The van der Waals surface area contributed by atoms with Gasteiger partial charge in [0.1, 0.15) is 11.4 Å². The van der Waals surface area contributed by atoms with E-state index in [4.69, 9.17) is 9.47 Å². The van der Waals surface area contributed by atoms with E-state index in [1.165, 1.54) is 7.11 Å². The lowest BCUT2D eigenvalue weighted by Crippen LogP contribution is -2.39. The lowest BCUT2D eigenvalue weighted by atomic mass is 9.93. The molecule has 0 N–H and O–H groups in total. The Kier molecular flexibility index (Phi) is 5.78. The Balaban J connectivity index is 1.67. The average Bonchev–Trinajstić information content (AvgIpc) is 3.09. The van der Waals surface area contributed by atoms with Crippen LogP contribution in [0.5, 0.6) is 5.75 Å². The number of benzene rings is 1. The van der Waals surface area contributed by atoms with E-state index >= 15 is 0 Å². The highest BCUT2D eigenvalue weighted by molar-refractivity contribution is 5.93. The highest BCUT2D eigenvalue weighted by Crippen LogP contribution is 2.25. The van der Waals surface area contributed by atoms with Gasteiger partial charge in [0.05, 0.1) is 19.9 Å². The molecule has 2 aromatic rings. The molecule has 144 valence electrons. The number of ether oxygens (including phenoxy) is 2. The van der Waals surface area contributed by atoms with Gasteiger partial charge >= 0.3 is 5.97 Å². The summed E-state index contributed by atoms with van der Waals surface area (Å²) in [4.78, 5) is 26.2. The average molecular weight is 371 g/mol. The third-order valence-corrected chi connectivity index (χ3v) is 5.07. The number of amides is 1. The first-order chi connectivity index (χ1) is 13.0. The zero-order valence-electron chi connectivity index (χ0n) is 16.0. The summed E-state index contributed by atoms with van der Waals surface area (Å²) < 4.78 is 11.5. The predicted molar refractivity (Wildman–Crippen MR) is 100 cm³/mol. The topological polar surface area (TPSA) is 73.7 Å². The van der Waals surface area contributed by atoms with Crippen molar-refractivity contribution < 1.29 is 19.1 Å². The van der Waals surface area contributed by atoms with Gasteiger partial charge in [0.15, 0.2) is 0 Å². The molecule has 0 spiro atoms. The maximum atomic E-state index is 12.9. The van der Waals surface area contributed by atoms with Crippen LogP contribution in [0.25, 0.3) is 11.3 Å². The van der Waals surface area contributed by atoms with Crippen molar-refractivity contribution in [2.24, 2.45) is 13.0 Å². The number of piperidine rings is 1. The number of aryl methyl sites for hydroxylation is 1. The molecule has 1 fully saturated rings.